The Balaban J connectivity index is 2.06. The molecule has 0 aliphatic heterocycles. The number of aryl methyl sites for hydroxylation is 1. The predicted molar refractivity (Wildman–Crippen MR) is 153 cm³/mol. The molecular formula is C27H28Cl3N3O4S. The molecule has 0 spiro atoms. The number of nitrogens with one attached hydrogen (secondary N) is 1. The van der Waals surface area contributed by atoms with E-state index in [9.17, 15) is 18.0 Å². The van der Waals surface area contributed by atoms with Gasteiger partial charge in [0.05, 0.1) is 27.0 Å². The Labute approximate surface area is 238 Å². The number of halogens is 3. The summed E-state index contributed by atoms with van der Waals surface area (Å²) in [4.78, 5) is 28.4. The van der Waals surface area contributed by atoms with Gasteiger partial charge in [0, 0.05) is 20.0 Å². The molecule has 1 atom stereocenters. The van der Waals surface area contributed by atoms with E-state index in [1.165, 1.54) is 24.1 Å². The second-order valence-electron chi connectivity index (χ2n) is 8.81. The summed E-state index contributed by atoms with van der Waals surface area (Å²) in [6.07, 6.45) is 1.19. The number of amides is 2. The van der Waals surface area contributed by atoms with Gasteiger partial charge in [0.25, 0.3) is 0 Å². The fraction of sp³-hybridized carbons (Fsp3) is 0.259. The number of likely N-dealkylation sites (N-methyl/N-ethyl adjacent to an activating group) is 1. The summed E-state index contributed by atoms with van der Waals surface area (Å²) in [6, 6.07) is 18.5. The van der Waals surface area contributed by atoms with Gasteiger partial charge < -0.3 is 10.2 Å². The lowest BCUT2D eigenvalue weighted by molar-refractivity contribution is -0.139. The summed E-state index contributed by atoms with van der Waals surface area (Å²) in [7, 11) is -2.50. The van der Waals surface area contributed by atoms with E-state index in [1.807, 2.05) is 61.5 Å². The van der Waals surface area contributed by atoms with Crippen LogP contribution in [0.1, 0.15) is 16.7 Å². The minimum absolute atomic E-state index is 0.00625. The average Bonchev–Trinajstić information content (AvgIpc) is 2.87. The first-order chi connectivity index (χ1) is 17.9. The summed E-state index contributed by atoms with van der Waals surface area (Å²) in [5, 5.41) is 2.87. The SMILES string of the molecule is CNC(=O)C(Cc1ccccc1)N(Cc1ccc(C)cc1)C(=O)CN(c1cc(Cl)c(Cl)cc1Cl)S(C)(=O)=O. The Bertz CT molecular complexity index is 1400. The molecule has 11 heteroatoms. The van der Waals surface area contributed by atoms with Gasteiger partial charge in [0.2, 0.25) is 21.8 Å². The van der Waals surface area contributed by atoms with Gasteiger partial charge >= 0.3 is 0 Å². The van der Waals surface area contributed by atoms with Crippen molar-refractivity contribution >= 4 is 62.3 Å². The van der Waals surface area contributed by atoms with Crippen LogP contribution in [-0.2, 0) is 32.6 Å². The molecule has 38 heavy (non-hydrogen) atoms. The van der Waals surface area contributed by atoms with E-state index in [0.29, 0.717) is 0 Å². The number of sulfonamides is 1. The van der Waals surface area contributed by atoms with Gasteiger partial charge in [-0.1, -0.05) is 95.0 Å². The highest BCUT2D eigenvalue weighted by Crippen LogP contribution is 2.35. The molecule has 1 N–H and O–H groups in total. The van der Waals surface area contributed by atoms with Crippen LogP contribution in [0, 0.1) is 6.92 Å². The Kier molecular flexibility index (Phi) is 10.1. The molecule has 3 rings (SSSR count). The summed E-state index contributed by atoms with van der Waals surface area (Å²) < 4.78 is 26.5. The molecule has 0 aromatic heterocycles. The number of carbonyl (C=O) groups is 2. The molecule has 0 fully saturated rings. The maximum atomic E-state index is 13.9. The fourth-order valence-corrected chi connectivity index (χ4v) is 5.46. The van der Waals surface area contributed by atoms with Crippen LogP contribution in [0.2, 0.25) is 15.1 Å². The molecule has 1 unspecified atom stereocenters. The normalized spacial score (nSPS) is 12.1. The Hall–Kier alpha value is -2.78. The van der Waals surface area contributed by atoms with Crippen molar-refractivity contribution in [3.05, 3.63) is 98.5 Å². The van der Waals surface area contributed by atoms with Crippen molar-refractivity contribution in [2.75, 3.05) is 24.2 Å². The van der Waals surface area contributed by atoms with Crippen LogP contribution < -0.4 is 9.62 Å². The molecule has 7 nitrogen and oxygen atoms in total. The Morgan fingerprint density at radius 2 is 1.50 bits per heavy atom. The van der Waals surface area contributed by atoms with Crippen LogP contribution in [0.5, 0.6) is 0 Å². The van der Waals surface area contributed by atoms with E-state index in [4.69, 9.17) is 34.8 Å². The second-order valence-corrected chi connectivity index (χ2v) is 11.9. The van der Waals surface area contributed by atoms with Gasteiger partial charge in [-0.05, 0) is 30.2 Å². The number of hydrogen-bond donors (Lipinski definition) is 1. The average molecular weight is 597 g/mol. The lowest BCUT2D eigenvalue weighted by atomic mass is 10.0. The van der Waals surface area contributed by atoms with Crippen molar-refractivity contribution in [3.63, 3.8) is 0 Å². The number of anilines is 1. The first-order valence-electron chi connectivity index (χ1n) is 11.6. The number of rotatable bonds is 10. The van der Waals surface area contributed by atoms with Crippen molar-refractivity contribution < 1.29 is 18.0 Å². The van der Waals surface area contributed by atoms with Crippen LogP contribution in [0.4, 0.5) is 5.69 Å². The van der Waals surface area contributed by atoms with E-state index in [-0.39, 0.29) is 39.6 Å². The van der Waals surface area contributed by atoms with Gasteiger partial charge in [0.1, 0.15) is 12.6 Å². The summed E-state index contributed by atoms with van der Waals surface area (Å²) in [5.41, 5.74) is 2.67. The van der Waals surface area contributed by atoms with Gasteiger partial charge in [-0.15, -0.1) is 0 Å². The number of benzene rings is 3. The number of nitrogens with zero attached hydrogens (tertiary/aromatic N) is 2. The van der Waals surface area contributed by atoms with Gasteiger partial charge in [-0.25, -0.2) is 8.42 Å². The molecule has 202 valence electrons. The van der Waals surface area contributed by atoms with Crippen molar-refractivity contribution in [1.82, 2.24) is 10.2 Å². The van der Waals surface area contributed by atoms with Crippen LogP contribution in [0.25, 0.3) is 0 Å². The van der Waals surface area contributed by atoms with Crippen LogP contribution >= 0.6 is 34.8 Å². The third-order valence-electron chi connectivity index (χ3n) is 5.93. The zero-order valence-electron chi connectivity index (χ0n) is 21.1. The van der Waals surface area contributed by atoms with Crippen molar-refractivity contribution in [1.29, 1.82) is 0 Å². The van der Waals surface area contributed by atoms with Gasteiger partial charge in [-0.2, -0.15) is 0 Å². The van der Waals surface area contributed by atoms with Crippen LogP contribution in [0.3, 0.4) is 0 Å². The lowest BCUT2D eigenvalue weighted by Gasteiger charge is -2.33. The fourth-order valence-electron chi connectivity index (χ4n) is 3.91. The van der Waals surface area contributed by atoms with Crippen LogP contribution in [-0.4, -0.2) is 51.0 Å². The summed E-state index contributed by atoms with van der Waals surface area (Å²) in [5.74, 6) is -0.976. The van der Waals surface area contributed by atoms with Crippen molar-refractivity contribution in [2.24, 2.45) is 0 Å². The van der Waals surface area contributed by atoms with E-state index >= 15 is 0 Å². The monoisotopic (exact) mass is 595 g/mol. The number of hydrogen-bond acceptors (Lipinski definition) is 4. The molecule has 2 amide bonds. The van der Waals surface area contributed by atoms with Gasteiger partial charge in [-0.3, -0.25) is 13.9 Å². The quantitative estimate of drug-likeness (QED) is 0.330. The molecule has 3 aromatic carbocycles. The third-order valence-corrected chi connectivity index (χ3v) is 8.08. The molecule has 0 aliphatic rings. The largest absolute Gasteiger partial charge is 0.357 e. The maximum Gasteiger partial charge on any atom is 0.244 e. The smallest absolute Gasteiger partial charge is 0.244 e. The molecule has 0 aliphatic carbocycles. The predicted octanol–water partition coefficient (Wildman–Crippen LogP) is 5.11. The molecular weight excluding hydrogens is 569 g/mol. The Morgan fingerprint density at radius 1 is 0.895 bits per heavy atom. The molecule has 0 saturated heterocycles. The highest BCUT2D eigenvalue weighted by atomic mass is 35.5. The molecule has 0 heterocycles. The van der Waals surface area contributed by atoms with E-state index < -0.39 is 28.5 Å². The standard InChI is InChI=1S/C27H28Cl3N3O4S/c1-18-9-11-20(12-10-18)16-32(25(27(35)31-2)13-19-7-5-4-6-8-19)26(34)17-33(38(3,36)37)24-15-22(29)21(28)14-23(24)30/h4-12,14-15,25H,13,16-17H2,1-3H3,(H,31,35). The topological polar surface area (TPSA) is 86.8 Å². The minimum Gasteiger partial charge on any atom is -0.357 e. The zero-order chi connectivity index (χ0) is 28.0. The van der Waals surface area contributed by atoms with Crippen molar-refractivity contribution in [3.8, 4) is 0 Å². The molecule has 0 bridgehead atoms. The first-order valence-corrected chi connectivity index (χ1v) is 14.6. The minimum atomic E-state index is -3.99. The highest BCUT2D eigenvalue weighted by molar-refractivity contribution is 7.92. The zero-order valence-corrected chi connectivity index (χ0v) is 24.2. The highest BCUT2D eigenvalue weighted by Gasteiger charge is 2.33. The summed E-state index contributed by atoms with van der Waals surface area (Å²) in [6.45, 7) is 1.42. The number of carbonyl (C=O) groups excluding carboxylic acids is 2. The molecule has 3 aromatic rings. The van der Waals surface area contributed by atoms with Crippen LogP contribution in [0.15, 0.2) is 66.7 Å². The lowest BCUT2D eigenvalue weighted by Crippen LogP contribution is -2.52. The molecule has 0 radical (unpaired) electrons. The second kappa shape index (κ2) is 12.8. The van der Waals surface area contributed by atoms with E-state index in [0.717, 1.165) is 27.3 Å². The van der Waals surface area contributed by atoms with Crippen molar-refractivity contribution in [2.45, 2.75) is 25.9 Å². The molecule has 0 saturated carbocycles. The Morgan fingerprint density at radius 3 is 2.08 bits per heavy atom. The third kappa shape index (κ3) is 7.63. The first kappa shape index (κ1) is 29.8. The maximum absolute atomic E-state index is 13.9. The van der Waals surface area contributed by atoms with E-state index in [1.54, 1.807) is 0 Å². The van der Waals surface area contributed by atoms with E-state index in [2.05, 4.69) is 5.32 Å². The summed E-state index contributed by atoms with van der Waals surface area (Å²) >= 11 is 18.5. The van der Waals surface area contributed by atoms with Gasteiger partial charge in [0.15, 0.2) is 0 Å².